The van der Waals surface area contributed by atoms with E-state index in [0.717, 1.165) is 35.4 Å². The number of nitrogens with one attached hydrogen (secondary N) is 2. The predicted molar refractivity (Wildman–Crippen MR) is 129 cm³/mol. The molecule has 1 aliphatic rings. The lowest BCUT2D eigenvalue weighted by molar-refractivity contribution is -0.111. The molecule has 0 aromatic heterocycles. The first-order chi connectivity index (χ1) is 14.7. The molecule has 0 radical (unpaired) electrons. The molecule has 2 unspecified atom stereocenters. The van der Waals surface area contributed by atoms with Crippen LogP contribution in [0.15, 0.2) is 58.2 Å². The number of Topliss-reactive ketones (excluding diaryl/α,β-unsaturated/α-hetero) is 1. The van der Waals surface area contributed by atoms with Gasteiger partial charge in [0, 0.05) is 24.6 Å². The summed E-state index contributed by atoms with van der Waals surface area (Å²) in [7, 11) is 0. The van der Waals surface area contributed by atoms with Crippen molar-refractivity contribution in [1.29, 1.82) is 5.41 Å². The molecule has 0 saturated carbocycles. The summed E-state index contributed by atoms with van der Waals surface area (Å²) in [5.74, 6) is -0.243. The standard InChI is InChI=1S/C25H34ClN3O2/c1-4-15-25(31,21-11-13-22(26)14-12-21)16-8-17-28-29-24(3,18-23(27)19(2)30)20-9-6-5-7-10-20/h5-7,9-11,13,17,27,29,31H,4,8,12,14-16,18H2,1-3H3/b27-23?,28-17-. The Morgan fingerprint density at radius 2 is 1.97 bits per heavy atom. The Balaban J connectivity index is 2.06. The van der Waals surface area contributed by atoms with Crippen LogP contribution in [0.1, 0.15) is 71.3 Å². The second-order valence-electron chi connectivity index (χ2n) is 8.46. The second-order valence-corrected chi connectivity index (χ2v) is 8.94. The summed E-state index contributed by atoms with van der Waals surface area (Å²) in [5, 5.41) is 24.5. The summed E-state index contributed by atoms with van der Waals surface area (Å²) in [4.78, 5) is 11.6. The molecule has 2 atom stereocenters. The van der Waals surface area contributed by atoms with Gasteiger partial charge in [0.25, 0.3) is 0 Å². The normalized spacial score (nSPS) is 18.0. The van der Waals surface area contributed by atoms with Gasteiger partial charge in [-0.15, -0.1) is 0 Å². The highest BCUT2D eigenvalue weighted by molar-refractivity contribution is 6.37. The molecule has 0 saturated heterocycles. The third-order valence-corrected chi connectivity index (χ3v) is 6.13. The Morgan fingerprint density at radius 3 is 2.55 bits per heavy atom. The number of carbonyl (C=O) groups is 1. The lowest BCUT2D eigenvalue weighted by Crippen LogP contribution is -2.39. The number of allylic oxidation sites excluding steroid dienone is 3. The number of hydrazone groups is 1. The van der Waals surface area contributed by atoms with Gasteiger partial charge in [-0.05, 0) is 56.2 Å². The van der Waals surface area contributed by atoms with Crippen LogP contribution in [-0.2, 0) is 10.3 Å². The fourth-order valence-corrected chi connectivity index (χ4v) is 4.06. The third kappa shape index (κ3) is 7.15. The maximum Gasteiger partial charge on any atom is 0.173 e. The van der Waals surface area contributed by atoms with Gasteiger partial charge in [0.1, 0.15) is 0 Å². The van der Waals surface area contributed by atoms with Crippen LogP contribution in [0.2, 0.25) is 0 Å². The lowest BCUT2D eigenvalue weighted by atomic mass is 9.81. The van der Waals surface area contributed by atoms with E-state index in [1.54, 1.807) is 6.21 Å². The smallest absolute Gasteiger partial charge is 0.173 e. The molecule has 5 nitrogen and oxygen atoms in total. The summed E-state index contributed by atoms with van der Waals surface area (Å²) in [5.41, 5.74) is 3.67. The van der Waals surface area contributed by atoms with Crippen molar-refractivity contribution in [1.82, 2.24) is 5.43 Å². The van der Waals surface area contributed by atoms with E-state index in [9.17, 15) is 9.90 Å². The van der Waals surface area contributed by atoms with E-state index in [-0.39, 0.29) is 17.9 Å². The first-order valence-electron chi connectivity index (χ1n) is 10.9. The number of nitrogens with zero attached hydrogens (tertiary/aromatic N) is 1. The van der Waals surface area contributed by atoms with Crippen molar-refractivity contribution in [2.24, 2.45) is 5.10 Å². The molecular weight excluding hydrogens is 410 g/mol. The van der Waals surface area contributed by atoms with Crippen LogP contribution in [0.3, 0.4) is 0 Å². The zero-order chi connectivity index (χ0) is 22.9. The van der Waals surface area contributed by atoms with E-state index in [0.29, 0.717) is 19.3 Å². The maximum atomic E-state index is 11.6. The quantitative estimate of drug-likeness (QED) is 0.289. The fourth-order valence-electron chi connectivity index (χ4n) is 3.91. The summed E-state index contributed by atoms with van der Waals surface area (Å²) in [6.07, 6.45) is 10.2. The predicted octanol–water partition coefficient (Wildman–Crippen LogP) is 5.63. The number of rotatable bonds is 12. The van der Waals surface area contributed by atoms with Gasteiger partial charge in [-0.25, -0.2) is 0 Å². The number of benzene rings is 1. The summed E-state index contributed by atoms with van der Waals surface area (Å²) >= 11 is 6.07. The van der Waals surface area contributed by atoms with E-state index in [2.05, 4.69) is 17.5 Å². The molecule has 1 aromatic rings. The molecule has 31 heavy (non-hydrogen) atoms. The molecule has 168 valence electrons. The monoisotopic (exact) mass is 443 g/mol. The Morgan fingerprint density at radius 1 is 1.26 bits per heavy atom. The van der Waals surface area contributed by atoms with Crippen molar-refractivity contribution in [3.63, 3.8) is 0 Å². The number of carbonyl (C=O) groups excluding carboxylic acids is 1. The number of ketones is 1. The zero-order valence-corrected chi connectivity index (χ0v) is 19.5. The fraction of sp³-hybridized carbons (Fsp3) is 0.480. The van der Waals surface area contributed by atoms with Gasteiger partial charge in [-0.3, -0.25) is 10.2 Å². The molecule has 6 heteroatoms. The molecule has 1 aliphatic carbocycles. The summed E-state index contributed by atoms with van der Waals surface area (Å²) < 4.78 is 0. The molecule has 0 fully saturated rings. The van der Waals surface area contributed by atoms with Crippen LogP contribution in [0.5, 0.6) is 0 Å². The number of hydrogen-bond donors (Lipinski definition) is 3. The minimum absolute atomic E-state index is 0.0577. The van der Waals surface area contributed by atoms with E-state index in [1.165, 1.54) is 6.92 Å². The summed E-state index contributed by atoms with van der Waals surface area (Å²) in [6.45, 7) is 5.42. The molecule has 0 aliphatic heterocycles. The van der Waals surface area contributed by atoms with Gasteiger partial charge < -0.3 is 10.5 Å². The van der Waals surface area contributed by atoms with Crippen LogP contribution in [0.4, 0.5) is 0 Å². The zero-order valence-electron chi connectivity index (χ0n) is 18.7. The van der Waals surface area contributed by atoms with Crippen LogP contribution in [0.25, 0.3) is 0 Å². The van der Waals surface area contributed by atoms with E-state index >= 15 is 0 Å². The first kappa shape index (κ1) is 25.0. The van der Waals surface area contributed by atoms with Gasteiger partial charge in [0.15, 0.2) is 5.78 Å². The molecule has 0 amide bonds. The van der Waals surface area contributed by atoms with Crippen LogP contribution in [0, 0.1) is 5.41 Å². The maximum absolute atomic E-state index is 11.6. The second kappa shape index (κ2) is 11.4. The average Bonchev–Trinajstić information content (AvgIpc) is 2.74. The van der Waals surface area contributed by atoms with Gasteiger partial charge >= 0.3 is 0 Å². The Labute approximate surface area is 190 Å². The highest BCUT2D eigenvalue weighted by atomic mass is 35.5. The highest BCUT2D eigenvalue weighted by Crippen LogP contribution is 2.35. The molecule has 2 rings (SSSR count). The van der Waals surface area contributed by atoms with Crippen molar-refractivity contribution in [3.05, 3.63) is 58.7 Å². The van der Waals surface area contributed by atoms with Crippen molar-refractivity contribution in [3.8, 4) is 0 Å². The van der Waals surface area contributed by atoms with Crippen molar-refractivity contribution < 1.29 is 9.90 Å². The van der Waals surface area contributed by atoms with E-state index < -0.39 is 11.1 Å². The first-order valence-corrected chi connectivity index (χ1v) is 11.3. The topological polar surface area (TPSA) is 85.5 Å². The minimum Gasteiger partial charge on any atom is -0.385 e. The number of hydrogen-bond acceptors (Lipinski definition) is 5. The lowest BCUT2D eigenvalue weighted by Gasteiger charge is -2.32. The van der Waals surface area contributed by atoms with Gasteiger partial charge in [-0.1, -0.05) is 61.4 Å². The van der Waals surface area contributed by atoms with E-state index in [4.69, 9.17) is 17.0 Å². The SMILES string of the molecule is CCCC(O)(CC/C=N\NC(C)(CC(=N)C(C)=O)c1ccccc1)C1=CC=C(Cl)CC1. The average molecular weight is 444 g/mol. The summed E-state index contributed by atoms with van der Waals surface area (Å²) in [6, 6.07) is 9.72. The van der Waals surface area contributed by atoms with Crippen molar-refractivity contribution >= 4 is 29.3 Å². The molecule has 3 N–H and O–H groups in total. The molecule has 0 heterocycles. The van der Waals surface area contributed by atoms with Gasteiger partial charge in [0.05, 0.1) is 16.9 Å². The molecule has 0 spiro atoms. The minimum atomic E-state index is -0.853. The van der Waals surface area contributed by atoms with Crippen molar-refractivity contribution in [2.75, 3.05) is 0 Å². The van der Waals surface area contributed by atoms with Gasteiger partial charge in [0.2, 0.25) is 0 Å². The van der Waals surface area contributed by atoms with Gasteiger partial charge in [-0.2, -0.15) is 5.10 Å². The molecule has 1 aromatic carbocycles. The van der Waals surface area contributed by atoms with Crippen LogP contribution < -0.4 is 5.43 Å². The Hall–Kier alpha value is -2.24. The van der Waals surface area contributed by atoms with Crippen molar-refractivity contribution in [2.45, 2.75) is 76.9 Å². The van der Waals surface area contributed by atoms with Crippen LogP contribution in [-0.4, -0.2) is 28.4 Å². The van der Waals surface area contributed by atoms with Crippen LogP contribution >= 0.6 is 11.6 Å². The number of aliphatic hydroxyl groups is 1. The Kier molecular flexibility index (Phi) is 9.20. The largest absolute Gasteiger partial charge is 0.385 e. The van der Waals surface area contributed by atoms with E-state index in [1.807, 2.05) is 49.4 Å². The molecular formula is C25H34ClN3O2. The molecule has 0 bridgehead atoms. The Bertz CT molecular complexity index is 863. The highest BCUT2D eigenvalue weighted by Gasteiger charge is 2.31. The third-order valence-electron chi connectivity index (χ3n) is 5.82. The number of halogens is 1.